The standard InChI is InChI=1S/C8H17N3O2/c1-13-8(3-2-4-8)6-10-5-7(9)11-12/h10,12H,2-6H2,1H3,(H2,9,11). The van der Waals surface area contributed by atoms with Crippen LogP contribution in [0.3, 0.4) is 0 Å². The molecule has 0 aliphatic heterocycles. The molecule has 1 rings (SSSR count). The second-order valence-electron chi connectivity index (χ2n) is 3.44. The Bertz CT molecular complexity index is 184. The minimum atomic E-state index is -0.00423. The summed E-state index contributed by atoms with van der Waals surface area (Å²) in [6.07, 6.45) is 3.40. The fourth-order valence-corrected chi connectivity index (χ4v) is 1.48. The van der Waals surface area contributed by atoms with Gasteiger partial charge in [0.25, 0.3) is 0 Å². The molecule has 1 saturated carbocycles. The highest BCUT2D eigenvalue weighted by molar-refractivity contribution is 5.81. The fraction of sp³-hybridized carbons (Fsp3) is 0.875. The topological polar surface area (TPSA) is 79.9 Å². The van der Waals surface area contributed by atoms with Crippen LogP contribution in [0.25, 0.3) is 0 Å². The Morgan fingerprint density at radius 1 is 1.69 bits per heavy atom. The first kappa shape index (κ1) is 10.3. The summed E-state index contributed by atoms with van der Waals surface area (Å²) in [6.45, 7) is 1.17. The molecule has 1 aliphatic carbocycles. The monoisotopic (exact) mass is 187 g/mol. The van der Waals surface area contributed by atoms with Crippen molar-refractivity contribution in [3.8, 4) is 0 Å². The van der Waals surface area contributed by atoms with E-state index >= 15 is 0 Å². The predicted octanol–water partition coefficient (Wildman–Crippen LogP) is -0.108. The molecular weight excluding hydrogens is 170 g/mol. The highest BCUT2D eigenvalue weighted by atomic mass is 16.5. The van der Waals surface area contributed by atoms with E-state index in [0.29, 0.717) is 6.54 Å². The van der Waals surface area contributed by atoms with Gasteiger partial charge in [-0.25, -0.2) is 0 Å². The number of nitrogens with one attached hydrogen (secondary N) is 1. The van der Waals surface area contributed by atoms with Crippen LogP contribution >= 0.6 is 0 Å². The molecule has 5 heteroatoms. The first-order valence-electron chi connectivity index (χ1n) is 4.45. The Labute approximate surface area is 77.9 Å². The third-order valence-electron chi connectivity index (χ3n) is 2.58. The summed E-state index contributed by atoms with van der Waals surface area (Å²) in [4.78, 5) is 0. The molecule has 76 valence electrons. The van der Waals surface area contributed by atoms with Crippen molar-refractivity contribution in [2.45, 2.75) is 24.9 Å². The lowest BCUT2D eigenvalue weighted by atomic mass is 9.80. The molecule has 5 nitrogen and oxygen atoms in total. The summed E-state index contributed by atoms with van der Waals surface area (Å²) >= 11 is 0. The second kappa shape index (κ2) is 4.43. The Balaban J connectivity index is 2.18. The van der Waals surface area contributed by atoms with Gasteiger partial charge in [0.15, 0.2) is 5.84 Å². The van der Waals surface area contributed by atoms with Gasteiger partial charge in [0.2, 0.25) is 0 Å². The van der Waals surface area contributed by atoms with Gasteiger partial charge < -0.3 is 21.0 Å². The maximum Gasteiger partial charge on any atom is 0.153 e. The largest absolute Gasteiger partial charge is 0.409 e. The lowest BCUT2D eigenvalue weighted by Gasteiger charge is -2.40. The molecule has 0 spiro atoms. The van der Waals surface area contributed by atoms with E-state index in [-0.39, 0.29) is 11.4 Å². The van der Waals surface area contributed by atoms with E-state index in [1.54, 1.807) is 7.11 Å². The van der Waals surface area contributed by atoms with Crippen LogP contribution in [-0.4, -0.2) is 36.8 Å². The van der Waals surface area contributed by atoms with E-state index in [4.69, 9.17) is 15.7 Å². The number of hydrogen-bond acceptors (Lipinski definition) is 4. The predicted molar refractivity (Wildman–Crippen MR) is 49.9 cm³/mol. The van der Waals surface area contributed by atoms with Crippen LogP contribution in [-0.2, 0) is 4.74 Å². The third kappa shape index (κ3) is 2.57. The molecule has 0 bridgehead atoms. The van der Waals surface area contributed by atoms with E-state index in [9.17, 15) is 0 Å². The van der Waals surface area contributed by atoms with Crippen LogP contribution in [0.15, 0.2) is 5.16 Å². The van der Waals surface area contributed by atoms with Gasteiger partial charge in [-0.15, -0.1) is 0 Å². The Kier molecular flexibility index (Phi) is 3.50. The van der Waals surface area contributed by atoms with Gasteiger partial charge >= 0.3 is 0 Å². The number of oxime groups is 1. The summed E-state index contributed by atoms with van der Waals surface area (Å²) in [5.74, 6) is 0.200. The maximum absolute atomic E-state index is 8.28. The lowest BCUT2D eigenvalue weighted by molar-refractivity contribution is -0.0686. The van der Waals surface area contributed by atoms with Gasteiger partial charge in [0.1, 0.15) is 0 Å². The number of nitrogens with two attached hydrogens (primary N) is 1. The Morgan fingerprint density at radius 3 is 2.77 bits per heavy atom. The van der Waals surface area contributed by atoms with E-state index < -0.39 is 0 Å². The van der Waals surface area contributed by atoms with Gasteiger partial charge in [-0.1, -0.05) is 5.16 Å². The maximum atomic E-state index is 8.28. The van der Waals surface area contributed by atoms with Gasteiger partial charge in [-0.05, 0) is 19.3 Å². The first-order valence-corrected chi connectivity index (χ1v) is 4.45. The zero-order valence-electron chi connectivity index (χ0n) is 7.92. The molecule has 4 N–H and O–H groups in total. The van der Waals surface area contributed by atoms with E-state index in [0.717, 1.165) is 19.4 Å². The summed E-state index contributed by atoms with van der Waals surface area (Å²) in [5, 5.41) is 14.2. The molecular formula is C8H17N3O2. The SMILES string of the molecule is COC1(CNCC(N)=NO)CCC1. The smallest absolute Gasteiger partial charge is 0.153 e. The number of hydrogen-bond donors (Lipinski definition) is 3. The Hall–Kier alpha value is -0.810. The van der Waals surface area contributed by atoms with Crippen LogP contribution in [0.5, 0.6) is 0 Å². The zero-order chi connectivity index (χ0) is 9.73. The highest BCUT2D eigenvalue weighted by Gasteiger charge is 2.36. The number of methoxy groups -OCH3 is 1. The summed E-state index contributed by atoms with van der Waals surface area (Å²) < 4.78 is 5.38. The Morgan fingerprint density at radius 2 is 2.38 bits per heavy atom. The van der Waals surface area contributed by atoms with Crippen molar-refractivity contribution in [1.29, 1.82) is 0 Å². The molecule has 0 saturated heterocycles. The molecule has 0 atom stereocenters. The summed E-state index contributed by atoms with van der Waals surface area (Å²) in [6, 6.07) is 0. The van der Waals surface area contributed by atoms with Crippen molar-refractivity contribution in [2.75, 3.05) is 20.2 Å². The van der Waals surface area contributed by atoms with Crippen molar-refractivity contribution >= 4 is 5.84 Å². The van der Waals surface area contributed by atoms with Gasteiger partial charge in [-0.3, -0.25) is 0 Å². The highest BCUT2D eigenvalue weighted by Crippen LogP contribution is 2.34. The van der Waals surface area contributed by atoms with Crippen LogP contribution < -0.4 is 11.1 Å². The van der Waals surface area contributed by atoms with E-state index in [2.05, 4.69) is 10.5 Å². The zero-order valence-corrected chi connectivity index (χ0v) is 7.92. The fourth-order valence-electron chi connectivity index (χ4n) is 1.48. The van der Waals surface area contributed by atoms with Crippen molar-refractivity contribution in [2.24, 2.45) is 10.9 Å². The van der Waals surface area contributed by atoms with Crippen molar-refractivity contribution in [3.63, 3.8) is 0 Å². The third-order valence-corrected chi connectivity index (χ3v) is 2.58. The normalized spacial score (nSPS) is 21.2. The molecule has 0 aromatic rings. The second-order valence-corrected chi connectivity index (χ2v) is 3.44. The number of amidine groups is 1. The average Bonchev–Trinajstić information content (AvgIpc) is 2.09. The molecule has 1 fully saturated rings. The molecule has 0 amide bonds. The van der Waals surface area contributed by atoms with Crippen LogP contribution in [0.4, 0.5) is 0 Å². The van der Waals surface area contributed by atoms with Crippen LogP contribution in [0.2, 0.25) is 0 Å². The number of rotatable bonds is 5. The molecule has 13 heavy (non-hydrogen) atoms. The number of ether oxygens (including phenoxy) is 1. The molecule has 0 heterocycles. The molecule has 0 radical (unpaired) electrons. The lowest BCUT2D eigenvalue weighted by Crippen LogP contribution is -2.49. The first-order chi connectivity index (χ1) is 6.22. The molecule has 0 aromatic carbocycles. The minimum absolute atomic E-state index is 0.00423. The van der Waals surface area contributed by atoms with Crippen molar-refractivity contribution < 1.29 is 9.94 Å². The summed E-state index contributed by atoms with van der Waals surface area (Å²) in [7, 11) is 1.73. The number of nitrogens with zero attached hydrogens (tertiary/aromatic N) is 1. The van der Waals surface area contributed by atoms with Crippen LogP contribution in [0.1, 0.15) is 19.3 Å². The average molecular weight is 187 g/mol. The van der Waals surface area contributed by atoms with E-state index in [1.165, 1.54) is 6.42 Å². The summed E-state index contributed by atoms with van der Waals surface area (Å²) in [5.41, 5.74) is 5.30. The molecule has 0 unspecified atom stereocenters. The van der Waals surface area contributed by atoms with Crippen molar-refractivity contribution in [1.82, 2.24) is 5.32 Å². The minimum Gasteiger partial charge on any atom is -0.409 e. The van der Waals surface area contributed by atoms with Crippen LogP contribution in [0, 0.1) is 0 Å². The quantitative estimate of drug-likeness (QED) is 0.243. The molecule has 0 aromatic heterocycles. The van der Waals surface area contributed by atoms with E-state index in [1.807, 2.05) is 0 Å². The molecule has 1 aliphatic rings. The van der Waals surface area contributed by atoms with Gasteiger partial charge in [0.05, 0.1) is 12.1 Å². The van der Waals surface area contributed by atoms with Gasteiger partial charge in [0, 0.05) is 13.7 Å². The van der Waals surface area contributed by atoms with Crippen molar-refractivity contribution in [3.05, 3.63) is 0 Å². The van der Waals surface area contributed by atoms with Gasteiger partial charge in [-0.2, -0.15) is 0 Å².